The second kappa shape index (κ2) is 2.46. The molecule has 1 aliphatic heterocycles. The molecule has 0 aromatic heterocycles. The Bertz CT molecular complexity index is 303. The van der Waals surface area contributed by atoms with Crippen molar-refractivity contribution in [2.75, 3.05) is 0 Å². The van der Waals surface area contributed by atoms with Gasteiger partial charge < -0.3 is 0 Å². The first-order valence-corrected chi connectivity index (χ1v) is 6.37. The highest BCUT2D eigenvalue weighted by atomic mass is 15.3. The summed E-state index contributed by atoms with van der Waals surface area (Å²) in [6.07, 6.45) is 5.55. The Kier molecular flexibility index (Phi) is 1.61. The van der Waals surface area contributed by atoms with E-state index in [-0.39, 0.29) is 16.5 Å². The third-order valence-corrected chi connectivity index (χ3v) is 6.21. The van der Waals surface area contributed by atoms with E-state index in [0.717, 1.165) is 11.8 Å². The topological polar surface area (TPSA) is 24.7 Å². The van der Waals surface area contributed by atoms with Crippen LogP contribution in [0.15, 0.2) is 10.2 Å². The Morgan fingerprint density at radius 1 is 0.800 bits per heavy atom. The Morgan fingerprint density at radius 3 is 1.60 bits per heavy atom. The van der Waals surface area contributed by atoms with E-state index in [9.17, 15) is 0 Å². The SMILES string of the molecule is CC12N=NC(C)(C3CCCCC31)C2(C)C. The first kappa shape index (κ1) is 9.80. The molecule has 4 atom stereocenters. The van der Waals surface area contributed by atoms with Gasteiger partial charge in [-0.1, -0.05) is 26.7 Å². The highest BCUT2D eigenvalue weighted by molar-refractivity contribution is 5.26. The summed E-state index contributed by atoms with van der Waals surface area (Å²) >= 11 is 0. The second-order valence-electron chi connectivity index (χ2n) is 6.62. The van der Waals surface area contributed by atoms with E-state index in [1.807, 2.05) is 0 Å². The quantitative estimate of drug-likeness (QED) is 0.575. The molecule has 15 heavy (non-hydrogen) atoms. The van der Waals surface area contributed by atoms with E-state index in [4.69, 9.17) is 0 Å². The summed E-state index contributed by atoms with van der Waals surface area (Å²) in [6.45, 7) is 9.45. The molecule has 0 aromatic carbocycles. The molecule has 0 spiro atoms. The van der Waals surface area contributed by atoms with E-state index in [1.54, 1.807) is 0 Å². The van der Waals surface area contributed by atoms with E-state index in [1.165, 1.54) is 25.7 Å². The summed E-state index contributed by atoms with van der Waals surface area (Å²) < 4.78 is 0. The zero-order valence-corrected chi connectivity index (χ0v) is 10.4. The maximum Gasteiger partial charge on any atom is 0.0894 e. The molecular formula is C13H22N2. The molecular weight excluding hydrogens is 184 g/mol. The van der Waals surface area contributed by atoms with Crippen molar-refractivity contribution in [2.24, 2.45) is 27.5 Å². The number of fused-ring (bicyclic) bond motifs is 5. The van der Waals surface area contributed by atoms with Crippen LogP contribution in [-0.4, -0.2) is 11.1 Å². The van der Waals surface area contributed by atoms with Gasteiger partial charge in [-0.05, 0) is 38.5 Å². The zero-order chi connectivity index (χ0) is 10.9. The average molecular weight is 206 g/mol. The Morgan fingerprint density at radius 2 is 1.20 bits per heavy atom. The summed E-state index contributed by atoms with van der Waals surface area (Å²) in [5.41, 5.74) is 0.485. The molecule has 3 rings (SSSR count). The molecule has 0 radical (unpaired) electrons. The van der Waals surface area contributed by atoms with Crippen LogP contribution in [0.3, 0.4) is 0 Å². The monoisotopic (exact) mass is 206 g/mol. The van der Waals surface area contributed by atoms with Crippen molar-refractivity contribution in [1.82, 2.24) is 0 Å². The Labute approximate surface area is 92.5 Å². The molecule has 0 amide bonds. The van der Waals surface area contributed by atoms with Crippen LogP contribution in [-0.2, 0) is 0 Å². The molecule has 1 heterocycles. The van der Waals surface area contributed by atoms with Crippen molar-refractivity contribution >= 4 is 0 Å². The highest BCUT2D eigenvalue weighted by Crippen LogP contribution is 2.69. The van der Waals surface area contributed by atoms with Gasteiger partial charge in [-0.3, -0.25) is 0 Å². The largest absolute Gasteiger partial charge is 0.186 e. The van der Waals surface area contributed by atoms with Gasteiger partial charge in [0.2, 0.25) is 0 Å². The fourth-order valence-corrected chi connectivity index (χ4v) is 4.52. The molecule has 2 aliphatic carbocycles. The Hall–Kier alpha value is -0.400. The lowest BCUT2D eigenvalue weighted by Crippen LogP contribution is -2.43. The summed E-state index contributed by atoms with van der Waals surface area (Å²) in [7, 11) is 0. The first-order valence-electron chi connectivity index (χ1n) is 6.37. The van der Waals surface area contributed by atoms with Crippen LogP contribution in [0, 0.1) is 17.3 Å². The van der Waals surface area contributed by atoms with E-state index in [0.29, 0.717) is 0 Å². The van der Waals surface area contributed by atoms with Gasteiger partial charge in [0.1, 0.15) is 0 Å². The van der Waals surface area contributed by atoms with Gasteiger partial charge in [-0.2, -0.15) is 10.2 Å². The number of nitrogens with zero attached hydrogens (tertiary/aromatic N) is 2. The molecule has 2 saturated carbocycles. The second-order valence-corrected chi connectivity index (χ2v) is 6.62. The molecule has 2 bridgehead atoms. The molecule has 2 nitrogen and oxygen atoms in total. The highest BCUT2D eigenvalue weighted by Gasteiger charge is 2.72. The first-order chi connectivity index (χ1) is 6.93. The average Bonchev–Trinajstić information content (AvgIpc) is 2.47. The number of rotatable bonds is 0. The molecule has 0 aromatic rings. The molecule has 3 aliphatic rings. The summed E-state index contributed by atoms with van der Waals surface area (Å²) in [5.74, 6) is 1.59. The van der Waals surface area contributed by atoms with Crippen LogP contribution >= 0.6 is 0 Å². The predicted molar refractivity (Wildman–Crippen MR) is 60.9 cm³/mol. The molecule has 84 valence electrons. The lowest BCUT2D eigenvalue weighted by molar-refractivity contribution is 0.154. The van der Waals surface area contributed by atoms with E-state index in [2.05, 4.69) is 37.9 Å². The van der Waals surface area contributed by atoms with Gasteiger partial charge in [0.05, 0.1) is 11.1 Å². The van der Waals surface area contributed by atoms with Crippen LogP contribution in [0.25, 0.3) is 0 Å². The van der Waals surface area contributed by atoms with Crippen LogP contribution in [0.2, 0.25) is 0 Å². The maximum absolute atomic E-state index is 4.67. The minimum Gasteiger partial charge on any atom is -0.186 e. The minimum atomic E-state index is 0.118. The van der Waals surface area contributed by atoms with Crippen molar-refractivity contribution in [1.29, 1.82) is 0 Å². The minimum absolute atomic E-state index is 0.118. The molecule has 2 heteroatoms. The summed E-state index contributed by atoms with van der Waals surface area (Å²) in [6, 6.07) is 0. The molecule has 2 fully saturated rings. The molecule has 4 unspecified atom stereocenters. The lowest BCUT2D eigenvalue weighted by atomic mass is 9.68. The number of hydrogen-bond acceptors (Lipinski definition) is 2. The van der Waals surface area contributed by atoms with Gasteiger partial charge in [-0.25, -0.2) is 0 Å². The fourth-order valence-electron chi connectivity index (χ4n) is 4.52. The van der Waals surface area contributed by atoms with E-state index >= 15 is 0 Å². The van der Waals surface area contributed by atoms with Crippen molar-refractivity contribution in [3.8, 4) is 0 Å². The summed E-state index contributed by atoms with van der Waals surface area (Å²) in [5, 5.41) is 9.34. The normalized spacial score (nSPS) is 55.7. The van der Waals surface area contributed by atoms with Crippen LogP contribution in [0.4, 0.5) is 0 Å². The van der Waals surface area contributed by atoms with Gasteiger partial charge >= 0.3 is 0 Å². The maximum atomic E-state index is 4.67. The standard InChI is InChI=1S/C13H22N2/c1-11(2)12(3)9-7-5-6-8-10(9)13(11,4)15-14-12/h9-10H,5-8H2,1-4H3. The predicted octanol–water partition coefficient (Wildman–Crippen LogP) is 3.82. The molecule has 0 N–H and O–H groups in total. The van der Waals surface area contributed by atoms with Gasteiger partial charge in [0, 0.05) is 5.41 Å². The van der Waals surface area contributed by atoms with Crippen molar-refractivity contribution in [2.45, 2.75) is 64.5 Å². The number of hydrogen-bond donors (Lipinski definition) is 0. The van der Waals surface area contributed by atoms with Crippen LogP contribution in [0.5, 0.6) is 0 Å². The molecule has 0 saturated heterocycles. The Balaban J connectivity index is 2.14. The van der Waals surface area contributed by atoms with Gasteiger partial charge in [0.25, 0.3) is 0 Å². The van der Waals surface area contributed by atoms with Gasteiger partial charge in [-0.15, -0.1) is 0 Å². The summed E-state index contributed by atoms with van der Waals surface area (Å²) in [4.78, 5) is 0. The fraction of sp³-hybridized carbons (Fsp3) is 1.00. The van der Waals surface area contributed by atoms with E-state index < -0.39 is 0 Å². The van der Waals surface area contributed by atoms with Crippen molar-refractivity contribution < 1.29 is 0 Å². The van der Waals surface area contributed by atoms with Crippen molar-refractivity contribution in [3.63, 3.8) is 0 Å². The zero-order valence-electron chi connectivity index (χ0n) is 10.4. The van der Waals surface area contributed by atoms with Crippen LogP contribution < -0.4 is 0 Å². The smallest absolute Gasteiger partial charge is 0.0894 e. The van der Waals surface area contributed by atoms with Crippen molar-refractivity contribution in [3.05, 3.63) is 0 Å². The third kappa shape index (κ3) is 0.808. The van der Waals surface area contributed by atoms with Crippen LogP contribution in [0.1, 0.15) is 53.4 Å². The number of azo groups is 1. The third-order valence-electron chi connectivity index (χ3n) is 6.21. The lowest BCUT2D eigenvalue weighted by Gasteiger charge is -2.38. The van der Waals surface area contributed by atoms with Gasteiger partial charge in [0.15, 0.2) is 0 Å².